The summed E-state index contributed by atoms with van der Waals surface area (Å²) in [5.41, 5.74) is 0. The number of fused-ring (bicyclic) bond motifs is 1. The minimum Gasteiger partial charge on any atom is -0.290 e. The van der Waals surface area contributed by atoms with Gasteiger partial charge in [0, 0.05) is 18.9 Å². The molecule has 4 heteroatoms. The van der Waals surface area contributed by atoms with Crippen LogP contribution < -0.4 is 0 Å². The van der Waals surface area contributed by atoms with E-state index < -0.39 is 0 Å². The molecule has 1 saturated carbocycles. The highest BCUT2D eigenvalue weighted by atomic mass is 16.1. The predicted molar refractivity (Wildman–Crippen MR) is 76.5 cm³/mol. The van der Waals surface area contributed by atoms with Crippen molar-refractivity contribution in [2.75, 3.05) is 0 Å². The molecular weight excluding hydrogens is 250 g/mol. The summed E-state index contributed by atoms with van der Waals surface area (Å²) in [4.78, 5) is 16.1. The first-order chi connectivity index (χ1) is 9.84. The number of carbonyl (C=O) groups is 1. The van der Waals surface area contributed by atoms with Gasteiger partial charge in [-0.25, -0.2) is 9.67 Å². The lowest BCUT2D eigenvalue weighted by molar-refractivity contribution is 0.0843. The summed E-state index contributed by atoms with van der Waals surface area (Å²) in [7, 11) is 0. The Hall–Kier alpha value is -1.97. The van der Waals surface area contributed by atoms with Gasteiger partial charge in [0.1, 0.15) is 5.82 Å². The number of benzene rings is 1. The Kier molecular flexibility index (Phi) is 3.90. The fourth-order valence-electron chi connectivity index (χ4n) is 2.47. The summed E-state index contributed by atoms with van der Waals surface area (Å²) in [6, 6.07) is 12.0. The fourth-order valence-corrected chi connectivity index (χ4v) is 2.47. The van der Waals surface area contributed by atoms with E-state index in [-0.39, 0.29) is 11.7 Å². The maximum Gasteiger partial charge on any atom is 0.217 e. The van der Waals surface area contributed by atoms with Crippen molar-refractivity contribution in [3.05, 3.63) is 48.0 Å². The van der Waals surface area contributed by atoms with E-state index in [2.05, 4.69) is 10.1 Å². The first-order valence-corrected chi connectivity index (χ1v) is 7.32. The van der Waals surface area contributed by atoms with E-state index in [1.165, 1.54) is 6.42 Å². The Morgan fingerprint density at radius 3 is 2.20 bits per heavy atom. The van der Waals surface area contributed by atoms with Gasteiger partial charge in [-0.15, -0.1) is 5.10 Å². The molecule has 2 heterocycles. The van der Waals surface area contributed by atoms with Crippen LogP contribution in [0.15, 0.2) is 36.4 Å². The van der Waals surface area contributed by atoms with Crippen LogP contribution in [0, 0.1) is 5.92 Å². The number of aromatic nitrogens is 3. The second kappa shape index (κ2) is 5.99. The maximum absolute atomic E-state index is 11.8. The van der Waals surface area contributed by atoms with Crippen molar-refractivity contribution < 1.29 is 4.79 Å². The molecule has 2 aromatic rings. The molecule has 0 unspecified atom stereocenters. The van der Waals surface area contributed by atoms with Crippen molar-refractivity contribution in [2.24, 2.45) is 5.92 Å². The molecule has 4 rings (SSSR count). The van der Waals surface area contributed by atoms with E-state index in [1.54, 1.807) is 0 Å². The fraction of sp³-hybridized carbons (Fsp3) is 0.438. The minimum atomic E-state index is 0.165. The number of hydrogen-bond acceptors (Lipinski definition) is 3. The Balaban J connectivity index is 0.000000170. The van der Waals surface area contributed by atoms with E-state index >= 15 is 0 Å². The smallest absolute Gasteiger partial charge is 0.217 e. The van der Waals surface area contributed by atoms with Crippen LogP contribution in [0.4, 0.5) is 0 Å². The quantitative estimate of drug-likeness (QED) is 0.788. The van der Waals surface area contributed by atoms with Gasteiger partial charge in [-0.1, -0.05) is 42.8 Å². The van der Waals surface area contributed by atoms with Gasteiger partial charge in [-0.3, -0.25) is 4.79 Å². The largest absolute Gasteiger partial charge is 0.290 e. The highest BCUT2D eigenvalue weighted by Crippen LogP contribution is 2.29. The Labute approximate surface area is 118 Å². The van der Waals surface area contributed by atoms with Crippen molar-refractivity contribution in [1.29, 1.82) is 0 Å². The first-order valence-electron chi connectivity index (χ1n) is 7.32. The number of hydrogen-bond donors (Lipinski definition) is 0. The van der Waals surface area contributed by atoms with E-state index in [0.29, 0.717) is 5.82 Å². The topological polar surface area (TPSA) is 47.8 Å². The third kappa shape index (κ3) is 2.79. The number of ketones is 1. The van der Waals surface area contributed by atoms with Crippen molar-refractivity contribution in [2.45, 2.75) is 38.6 Å². The highest BCUT2D eigenvalue weighted by molar-refractivity contribution is 5.94. The second-order valence-electron chi connectivity index (χ2n) is 5.33. The van der Waals surface area contributed by atoms with Gasteiger partial charge < -0.3 is 0 Å². The standard InChI is InChI=1S/C10H13N3O.C6H6/c14-9(7-3-1-4-7)10-11-8-5-2-6-13(8)12-10;1-2-4-6-5-3-1/h7H,1-6H2;1-6H. The third-order valence-corrected chi connectivity index (χ3v) is 3.88. The molecule has 0 N–H and O–H groups in total. The molecule has 1 aromatic heterocycles. The molecule has 2 aliphatic rings. The van der Waals surface area contributed by atoms with Gasteiger partial charge in [0.2, 0.25) is 11.6 Å². The number of carbonyl (C=O) groups excluding carboxylic acids is 1. The van der Waals surface area contributed by atoms with E-state index in [9.17, 15) is 4.79 Å². The predicted octanol–water partition coefficient (Wildman–Crippen LogP) is 2.89. The summed E-state index contributed by atoms with van der Waals surface area (Å²) < 4.78 is 1.88. The summed E-state index contributed by atoms with van der Waals surface area (Å²) in [5, 5.41) is 4.25. The maximum atomic E-state index is 11.8. The number of rotatable bonds is 2. The van der Waals surface area contributed by atoms with Gasteiger partial charge in [0.15, 0.2) is 0 Å². The molecule has 20 heavy (non-hydrogen) atoms. The summed E-state index contributed by atoms with van der Waals surface area (Å²) in [6.45, 7) is 0.931. The lowest BCUT2D eigenvalue weighted by Crippen LogP contribution is -2.23. The van der Waals surface area contributed by atoms with E-state index in [1.807, 2.05) is 41.1 Å². The normalized spacial score (nSPS) is 16.8. The average molecular weight is 269 g/mol. The summed E-state index contributed by atoms with van der Waals surface area (Å²) in [6.07, 6.45) is 5.34. The van der Waals surface area contributed by atoms with Crippen LogP contribution in [0.3, 0.4) is 0 Å². The minimum absolute atomic E-state index is 0.165. The molecule has 1 aliphatic carbocycles. The molecule has 0 atom stereocenters. The number of aryl methyl sites for hydroxylation is 2. The van der Waals surface area contributed by atoms with Crippen LogP contribution in [-0.2, 0) is 13.0 Å². The third-order valence-electron chi connectivity index (χ3n) is 3.88. The Morgan fingerprint density at radius 2 is 1.70 bits per heavy atom. The average Bonchev–Trinajstić information content (AvgIpc) is 3.00. The van der Waals surface area contributed by atoms with E-state index in [0.717, 1.165) is 38.1 Å². The van der Waals surface area contributed by atoms with Gasteiger partial charge in [0.25, 0.3) is 0 Å². The molecular formula is C16H19N3O. The van der Waals surface area contributed by atoms with Crippen LogP contribution in [0.25, 0.3) is 0 Å². The van der Waals surface area contributed by atoms with E-state index in [4.69, 9.17) is 0 Å². The Bertz CT molecular complexity index is 524. The van der Waals surface area contributed by atoms with Crippen molar-refractivity contribution in [3.63, 3.8) is 0 Å². The summed E-state index contributed by atoms with van der Waals surface area (Å²) in [5.74, 6) is 1.84. The van der Waals surface area contributed by atoms with Gasteiger partial charge >= 0.3 is 0 Å². The number of nitrogens with zero attached hydrogens (tertiary/aromatic N) is 3. The Morgan fingerprint density at radius 1 is 1.05 bits per heavy atom. The van der Waals surface area contributed by atoms with Crippen LogP contribution in [0.5, 0.6) is 0 Å². The highest BCUT2D eigenvalue weighted by Gasteiger charge is 2.30. The molecule has 1 fully saturated rings. The zero-order valence-corrected chi connectivity index (χ0v) is 11.5. The monoisotopic (exact) mass is 269 g/mol. The van der Waals surface area contributed by atoms with Gasteiger partial charge in [0.05, 0.1) is 0 Å². The SMILES string of the molecule is O=C(c1nc2n(n1)CCC2)C1CCC1.c1ccccc1. The molecule has 0 spiro atoms. The van der Waals surface area contributed by atoms with Crippen LogP contribution in [0.2, 0.25) is 0 Å². The second-order valence-corrected chi connectivity index (χ2v) is 5.33. The van der Waals surface area contributed by atoms with Crippen LogP contribution >= 0.6 is 0 Å². The van der Waals surface area contributed by atoms with Gasteiger partial charge in [-0.05, 0) is 19.3 Å². The first kappa shape index (κ1) is 13.0. The molecule has 0 radical (unpaired) electrons. The number of Topliss-reactive ketones (excluding diaryl/α,β-unsaturated/α-hetero) is 1. The molecule has 0 amide bonds. The van der Waals surface area contributed by atoms with Crippen molar-refractivity contribution >= 4 is 5.78 Å². The molecule has 0 bridgehead atoms. The summed E-state index contributed by atoms with van der Waals surface area (Å²) >= 11 is 0. The molecule has 1 aliphatic heterocycles. The lowest BCUT2D eigenvalue weighted by atomic mass is 9.82. The molecule has 0 saturated heterocycles. The molecule has 1 aromatic carbocycles. The lowest BCUT2D eigenvalue weighted by Gasteiger charge is -2.21. The van der Waals surface area contributed by atoms with Crippen molar-refractivity contribution in [3.8, 4) is 0 Å². The molecule has 104 valence electrons. The zero-order valence-electron chi connectivity index (χ0n) is 11.5. The van der Waals surface area contributed by atoms with Crippen molar-refractivity contribution in [1.82, 2.24) is 14.8 Å². The van der Waals surface area contributed by atoms with Crippen LogP contribution in [0.1, 0.15) is 42.1 Å². The zero-order chi connectivity index (χ0) is 13.8. The van der Waals surface area contributed by atoms with Crippen LogP contribution in [-0.4, -0.2) is 20.5 Å². The van der Waals surface area contributed by atoms with Gasteiger partial charge in [-0.2, -0.15) is 0 Å². The molecule has 4 nitrogen and oxygen atoms in total.